The van der Waals surface area contributed by atoms with E-state index in [-0.39, 0.29) is 11.8 Å². The fraction of sp³-hybridized carbons (Fsp3) is 0.400. The van der Waals surface area contributed by atoms with Gasteiger partial charge in [-0.15, -0.1) is 0 Å². The zero-order valence-electron chi connectivity index (χ0n) is 25.0. The number of likely N-dealkylation sites (N-methyl/N-ethyl adjacent to an activating group) is 1. The van der Waals surface area contributed by atoms with Crippen molar-refractivity contribution in [3.8, 4) is 0 Å². The van der Waals surface area contributed by atoms with E-state index in [2.05, 4.69) is 120 Å². The molecule has 41 heavy (non-hydrogen) atoms. The number of benzene rings is 3. The Morgan fingerprint density at radius 2 is 1.49 bits per heavy atom. The predicted octanol–water partition coefficient (Wildman–Crippen LogP) is 5.45. The van der Waals surface area contributed by atoms with Gasteiger partial charge in [0.15, 0.2) is 0 Å². The third-order valence-electron chi connectivity index (χ3n) is 8.15. The summed E-state index contributed by atoms with van der Waals surface area (Å²) < 4.78 is 7.74. The van der Waals surface area contributed by atoms with Crippen LogP contribution in [0, 0.1) is 13.8 Å². The summed E-state index contributed by atoms with van der Waals surface area (Å²) in [4.78, 5) is 18.8. The molecule has 3 aromatic carbocycles. The number of hydrogen-bond acceptors (Lipinski definition) is 4. The van der Waals surface area contributed by atoms with Crippen molar-refractivity contribution in [3.05, 3.63) is 106 Å². The number of nitrogens with zero attached hydrogens (tertiary/aromatic N) is 3. The van der Waals surface area contributed by atoms with Crippen LogP contribution in [0.5, 0.6) is 0 Å². The van der Waals surface area contributed by atoms with Crippen molar-refractivity contribution in [2.24, 2.45) is 0 Å². The molecule has 0 unspecified atom stereocenters. The molecule has 0 atom stereocenters. The average Bonchev–Trinajstić information content (AvgIpc) is 3.31. The molecule has 6 nitrogen and oxygen atoms in total. The van der Waals surface area contributed by atoms with Gasteiger partial charge in [-0.1, -0.05) is 77.9 Å². The number of amides is 1. The largest absolute Gasteiger partial charge is 0.379 e. The molecule has 0 saturated carbocycles. The SMILES string of the molecule is Cc1ccc(C(c2ccc(C)cc2)c2c(C(=O)NCCCN3CCOCC3)n(CCN(C)C)c3ccccc23)cc1. The van der Waals surface area contributed by atoms with Gasteiger partial charge in [0, 0.05) is 55.1 Å². The fourth-order valence-corrected chi connectivity index (χ4v) is 5.86. The lowest BCUT2D eigenvalue weighted by Gasteiger charge is -2.26. The highest BCUT2D eigenvalue weighted by Gasteiger charge is 2.30. The van der Waals surface area contributed by atoms with E-state index in [0.717, 1.165) is 74.5 Å². The molecule has 1 fully saturated rings. The Hall–Kier alpha value is -3.45. The summed E-state index contributed by atoms with van der Waals surface area (Å²) in [6.45, 7) is 10.9. The Bertz CT molecular complexity index is 1390. The summed E-state index contributed by atoms with van der Waals surface area (Å²) >= 11 is 0. The van der Waals surface area contributed by atoms with Crippen LogP contribution in [0.2, 0.25) is 0 Å². The molecular formula is C35H44N4O2. The molecule has 0 bridgehead atoms. The van der Waals surface area contributed by atoms with Crippen LogP contribution in [0.15, 0.2) is 72.8 Å². The van der Waals surface area contributed by atoms with Crippen LogP contribution in [0.4, 0.5) is 0 Å². The quantitative estimate of drug-likeness (QED) is 0.251. The van der Waals surface area contributed by atoms with Crippen LogP contribution in [0.1, 0.15) is 50.6 Å². The molecule has 1 aromatic heterocycles. The normalized spacial score (nSPS) is 14.3. The molecule has 1 aliphatic heterocycles. The molecule has 1 aliphatic rings. The van der Waals surface area contributed by atoms with Crippen LogP contribution in [-0.2, 0) is 11.3 Å². The van der Waals surface area contributed by atoms with E-state index in [1.807, 2.05) is 0 Å². The maximum absolute atomic E-state index is 14.2. The summed E-state index contributed by atoms with van der Waals surface area (Å²) in [5, 5.41) is 4.45. The highest BCUT2D eigenvalue weighted by atomic mass is 16.5. The van der Waals surface area contributed by atoms with E-state index in [9.17, 15) is 4.79 Å². The van der Waals surface area contributed by atoms with Gasteiger partial charge >= 0.3 is 0 Å². The van der Waals surface area contributed by atoms with Crippen molar-refractivity contribution < 1.29 is 9.53 Å². The van der Waals surface area contributed by atoms with Gasteiger partial charge in [0.25, 0.3) is 5.91 Å². The maximum Gasteiger partial charge on any atom is 0.268 e. The summed E-state index contributed by atoms with van der Waals surface area (Å²) in [6, 6.07) is 26.1. The number of rotatable bonds is 11. The number of carbonyl (C=O) groups is 1. The van der Waals surface area contributed by atoms with Gasteiger partial charge in [0.1, 0.15) is 5.69 Å². The smallest absolute Gasteiger partial charge is 0.268 e. The number of fused-ring (bicyclic) bond motifs is 1. The number of ether oxygens (including phenoxy) is 1. The van der Waals surface area contributed by atoms with Gasteiger partial charge in [-0.05, 0) is 58.1 Å². The second-order valence-corrected chi connectivity index (χ2v) is 11.6. The lowest BCUT2D eigenvalue weighted by molar-refractivity contribution is 0.0374. The molecule has 6 heteroatoms. The van der Waals surface area contributed by atoms with E-state index in [0.29, 0.717) is 6.54 Å². The minimum atomic E-state index is -0.0733. The summed E-state index contributed by atoms with van der Waals surface area (Å²) in [7, 11) is 4.17. The van der Waals surface area contributed by atoms with Gasteiger partial charge in [0.05, 0.1) is 13.2 Å². The van der Waals surface area contributed by atoms with Gasteiger partial charge < -0.3 is 19.5 Å². The number of nitrogens with one attached hydrogen (secondary N) is 1. The predicted molar refractivity (Wildman–Crippen MR) is 168 cm³/mol. The summed E-state index contributed by atoms with van der Waals surface area (Å²) in [5.74, 6) is -0.0723. The van der Waals surface area contributed by atoms with Crippen molar-refractivity contribution in [1.82, 2.24) is 19.7 Å². The van der Waals surface area contributed by atoms with Crippen molar-refractivity contribution >= 4 is 16.8 Å². The molecule has 4 aromatic rings. The van der Waals surface area contributed by atoms with Gasteiger partial charge in [-0.2, -0.15) is 0 Å². The second kappa shape index (κ2) is 13.5. The Kier molecular flexibility index (Phi) is 9.55. The average molecular weight is 553 g/mol. The van der Waals surface area contributed by atoms with Crippen LogP contribution in [-0.4, -0.2) is 80.3 Å². The van der Waals surface area contributed by atoms with Gasteiger partial charge in [-0.3, -0.25) is 9.69 Å². The molecule has 216 valence electrons. The third-order valence-corrected chi connectivity index (χ3v) is 8.15. The third kappa shape index (κ3) is 6.89. The molecule has 2 heterocycles. The highest BCUT2D eigenvalue weighted by Crippen LogP contribution is 2.40. The first-order valence-corrected chi connectivity index (χ1v) is 14.9. The standard InChI is InChI=1S/C35H44N4O2/c1-26-10-14-28(15-11-26)32(29-16-12-27(2)13-17-29)33-30-8-5-6-9-31(30)39(21-20-37(3)4)34(33)35(40)36-18-7-19-38-22-24-41-25-23-38/h5-6,8-17,32H,7,18-25H2,1-4H3,(H,36,40). The molecule has 1 N–H and O–H groups in total. The van der Waals surface area contributed by atoms with Gasteiger partial charge in [-0.25, -0.2) is 0 Å². The zero-order chi connectivity index (χ0) is 28.8. The van der Waals surface area contributed by atoms with Crippen molar-refractivity contribution in [2.75, 3.05) is 60.0 Å². The monoisotopic (exact) mass is 552 g/mol. The number of aromatic nitrogens is 1. The summed E-state index contributed by atoms with van der Waals surface area (Å²) in [6.07, 6.45) is 0.915. The number of carbonyl (C=O) groups excluding carboxylic acids is 1. The fourth-order valence-electron chi connectivity index (χ4n) is 5.86. The van der Waals surface area contributed by atoms with E-state index < -0.39 is 0 Å². The zero-order valence-corrected chi connectivity index (χ0v) is 25.0. The first-order valence-electron chi connectivity index (χ1n) is 14.9. The van der Waals surface area contributed by atoms with Crippen LogP contribution in [0.25, 0.3) is 10.9 Å². The van der Waals surface area contributed by atoms with E-state index >= 15 is 0 Å². The minimum Gasteiger partial charge on any atom is -0.379 e. The van der Waals surface area contributed by atoms with E-state index in [4.69, 9.17) is 4.74 Å². The van der Waals surface area contributed by atoms with Crippen LogP contribution in [0.3, 0.4) is 0 Å². The number of para-hydroxylation sites is 1. The minimum absolute atomic E-state index is 0.00107. The molecule has 0 aliphatic carbocycles. The van der Waals surface area contributed by atoms with E-state index in [1.165, 1.54) is 22.3 Å². The Morgan fingerprint density at radius 1 is 0.878 bits per heavy atom. The Labute approximate surface area is 244 Å². The van der Waals surface area contributed by atoms with Gasteiger partial charge in [0.2, 0.25) is 0 Å². The second-order valence-electron chi connectivity index (χ2n) is 11.6. The highest BCUT2D eigenvalue weighted by molar-refractivity contribution is 6.02. The van der Waals surface area contributed by atoms with E-state index in [1.54, 1.807) is 0 Å². The maximum atomic E-state index is 14.2. The molecule has 1 saturated heterocycles. The number of hydrogen-bond donors (Lipinski definition) is 1. The lowest BCUT2D eigenvalue weighted by atomic mass is 9.83. The van der Waals surface area contributed by atoms with Crippen LogP contribution >= 0.6 is 0 Å². The molecule has 5 rings (SSSR count). The Balaban J connectivity index is 1.59. The first kappa shape index (κ1) is 29.1. The molecule has 1 amide bonds. The summed E-state index contributed by atoms with van der Waals surface area (Å²) in [5.41, 5.74) is 7.79. The van der Waals surface area contributed by atoms with Crippen molar-refractivity contribution in [1.29, 1.82) is 0 Å². The number of morpholine rings is 1. The topological polar surface area (TPSA) is 49.7 Å². The first-order chi connectivity index (χ1) is 19.9. The molecule has 0 radical (unpaired) electrons. The molecular weight excluding hydrogens is 508 g/mol. The molecule has 0 spiro atoms. The Morgan fingerprint density at radius 3 is 2.10 bits per heavy atom. The van der Waals surface area contributed by atoms with Crippen molar-refractivity contribution in [2.45, 2.75) is 32.7 Å². The lowest BCUT2D eigenvalue weighted by Crippen LogP contribution is -2.38. The van der Waals surface area contributed by atoms with Crippen LogP contribution < -0.4 is 5.32 Å². The number of aryl methyl sites for hydroxylation is 2. The van der Waals surface area contributed by atoms with Crippen molar-refractivity contribution in [3.63, 3.8) is 0 Å².